The van der Waals surface area contributed by atoms with Gasteiger partial charge in [0.05, 0.1) is 24.2 Å². The van der Waals surface area contributed by atoms with E-state index in [4.69, 9.17) is 4.42 Å². The molecule has 1 aliphatic rings. The van der Waals surface area contributed by atoms with E-state index >= 15 is 0 Å². The number of furan rings is 1. The van der Waals surface area contributed by atoms with E-state index in [1.54, 1.807) is 30.9 Å². The lowest BCUT2D eigenvalue weighted by Gasteiger charge is -2.23. The molecule has 9 heteroatoms. The van der Waals surface area contributed by atoms with Gasteiger partial charge in [-0.3, -0.25) is 9.48 Å². The second-order valence-corrected chi connectivity index (χ2v) is 9.93. The molecule has 0 fully saturated rings. The van der Waals surface area contributed by atoms with Crippen LogP contribution >= 0.6 is 0 Å². The number of hydrogen-bond acceptors (Lipinski definition) is 5. The Balaban J connectivity index is 1.59. The van der Waals surface area contributed by atoms with Crippen molar-refractivity contribution in [1.82, 2.24) is 14.1 Å². The molecule has 0 unspecified atom stereocenters. The number of carbonyl (C=O) groups is 1. The molecular weight excluding hydrogens is 416 g/mol. The van der Waals surface area contributed by atoms with Crippen LogP contribution in [0.5, 0.6) is 0 Å². The number of aromatic nitrogens is 2. The van der Waals surface area contributed by atoms with Gasteiger partial charge in [-0.15, -0.1) is 0 Å². The van der Waals surface area contributed by atoms with Crippen molar-refractivity contribution >= 4 is 21.6 Å². The molecule has 0 N–H and O–H groups in total. The fraction of sp³-hybridized carbons (Fsp3) is 0.364. The number of sulfonamides is 1. The van der Waals surface area contributed by atoms with Gasteiger partial charge in [-0.1, -0.05) is 18.2 Å². The minimum absolute atomic E-state index is 0.0250. The summed E-state index contributed by atoms with van der Waals surface area (Å²) < 4.78 is 34.4. The highest BCUT2D eigenvalue weighted by Crippen LogP contribution is 2.32. The van der Waals surface area contributed by atoms with Crippen molar-refractivity contribution in [1.29, 1.82) is 0 Å². The van der Waals surface area contributed by atoms with Crippen molar-refractivity contribution in [3.8, 4) is 0 Å². The first-order valence-electron chi connectivity index (χ1n) is 10.1. The largest absolute Gasteiger partial charge is 0.468 e. The van der Waals surface area contributed by atoms with E-state index in [0.717, 1.165) is 17.7 Å². The Hall–Kier alpha value is -2.91. The number of hydrogen-bond donors (Lipinski definition) is 0. The van der Waals surface area contributed by atoms with Gasteiger partial charge in [0.2, 0.25) is 15.9 Å². The lowest BCUT2D eigenvalue weighted by Crippen LogP contribution is -2.38. The predicted octanol–water partition coefficient (Wildman–Crippen LogP) is 2.89. The van der Waals surface area contributed by atoms with Crippen LogP contribution in [0.4, 0.5) is 5.69 Å². The van der Waals surface area contributed by atoms with Crippen molar-refractivity contribution in [3.63, 3.8) is 0 Å². The fourth-order valence-corrected chi connectivity index (χ4v) is 5.72. The first kappa shape index (κ1) is 21.3. The summed E-state index contributed by atoms with van der Waals surface area (Å²) in [5, 5.41) is 4.39. The number of amides is 1. The molecule has 1 amide bonds. The Morgan fingerprint density at radius 2 is 1.97 bits per heavy atom. The summed E-state index contributed by atoms with van der Waals surface area (Å²) in [6, 6.07) is 11.3. The Labute approximate surface area is 182 Å². The minimum Gasteiger partial charge on any atom is -0.468 e. The maximum atomic E-state index is 13.2. The van der Waals surface area contributed by atoms with Crippen LogP contribution in [0, 0.1) is 13.8 Å². The third kappa shape index (κ3) is 3.79. The van der Waals surface area contributed by atoms with Crippen LogP contribution in [0.3, 0.4) is 0 Å². The van der Waals surface area contributed by atoms with Crippen molar-refractivity contribution in [2.75, 3.05) is 11.9 Å². The Bertz CT molecular complexity index is 1210. The van der Waals surface area contributed by atoms with Gasteiger partial charge in [0.1, 0.15) is 17.2 Å². The summed E-state index contributed by atoms with van der Waals surface area (Å²) in [5.74, 6) is 0.432. The van der Waals surface area contributed by atoms with Gasteiger partial charge in [-0.05, 0) is 51.0 Å². The average Bonchev–Trinajstić information content (AvgIpc) is 3.39. The first-order valence-corrected chi connectivity index (χ1v) is 11.6. The molecule has 164 valence electrons. The zero-order valence-corrected chi connectivity index (χ0v) is 18.9. The third-order valence-electron chi connectivity index (χ3n) is 5.70. The van der Waals surface area contributed by atoms with Gasteiger partial charge < -0.3 is 9.32 Å². The van der Waals surface area contributed by atoms with Crippen LogP contribution in [0.1, 0.15) is 29.6 Å². The van der Waals surface area contributed by atoms with Crippen molar-refractivity contribution in [3.05, 3.63) is 65.4 Å². The van der Waals surface area contributed by atoms with Crippen molar-refractivity contribution in [2.45, 2.75) is 51.2 Å². The number of benzene rings is 1. The molecular formula is C22H26N4O4S. The second kappa shape index (κ2) is 7.97. The number of aryl methyl sites for hydroxylation is 1. The van der Waals surface area contributed by atoms with Gasteiger partial charge in [0.25, 0.3) is 0 Å². The minimum atomic E-state index is -3.80. The average molecular weight is 443 g/mol. The van der Waals surface area contributed by atoms with Crippen LogP contribution in [0.2, 0.25) is 0 Å². The van der Waals surface area contributed by atoms with Gasteiger partial charge in [0, 0.05) is 18.8 Å². The van der Waals surface area contributed by atoms with Gasteiger partial charge in [-0.2, -0.15) is 9.40 Å². The Kier molecular flexibility index (Phi) is 5.49. The van der Waals surface area contributed by atoms with Crippen LogP contribution in [0.25, 0.3) is 0 Å². The molecule has 3 aromatic rings. The Morgan fingerprint density at radius 1 is 1.23 bits per heavy atom. The smallest absolute Gasteiger partial charge is 0.248 e. The highest BCUT2D eigenvalue weighted by atomic mass is 32.2. The standard InChI is InChI=1S/C22H26N4O4S/c1-15-12-18-8-5-6-10-20(18)26(15)21(27)14-25-17(3)22(16(2)23-25)31(28,29)24(4)13-19-9-7-11-30-19/h5-11,15H,12-14H2,1-4H3/t15-/m1/s1. The summed E-state index contributed by atoms with van der Waals surface area (Å²) in [6.07, 6.45) is 2.31. The monoisotopic (exact) mass is 442 g/mol. The summed E-state index contributed by atoms with van der Waals surface area (Å²) in [7, 11) is -2.30. The molecule has 4 rings (SSSR count). The van der Waals surface area contributed by atoms with Gasteiger partial charge in [0.15, 0.2) is 0 Å². The maximum absolute atomic E-state index is 13.2. The molecule has 0 spiro atoms. The highest BCUT2D eigenvalue weighted by molar-refractivity contribution is 7.89. The van der Waals surface area contributed by atoms with Crippen molar-refractivity contribution in [2.24, 2.45) is 0 Å². The molecule has 1 aromatic carbocycles. The van der Waals surface area contributed by atoms with E-state index in [1.807, 2.05) is 31.2 Å². The number of fused-ring (bicyclic) bond motifs is 1. The predicted molar refractivity (Wildman–Crippen MR) is 116 cm³/mol. The second-order valence-electron chi connectivity index (χ2n) is 7.94. The lowest BCUT2D eigenvalue weighted by atomic mass is 10.1. The van der Waals surface area contributed by atoms with E-state index in [0.29, 0.717) is 17.1 Å². The third-order valence-corrected chi connectivity index (χ3v) is 7.76. The molecule has 3 heterocycles. The van der Waals surface area contributed by atoms with Gasteiger partial charge >= 0.3 is 0 Å². The zero-order chi connectivity index (χ0) is 22.3. The van der Waals surface area contributed by atoms with E-state index in [1.165, 1.54) is 22.3 Å². The Morgan fingerprint density at radius 3 is 2.68 bits per heavy atom. The summed E-state index contributed by atoms with van der Waals surface area (Å²) >= 11 is 0. The maximum Gasteiger partial charge on any atom is 0.248 e. The molecule has 2 aromatic heterocycles. The van der Waals surface area contributed by atoms with E-state index in [9.17, 15) is 13.2 Å². The van der Waals surface area contributed by atoms with Crippen molar-refractivity contribution < 1.29 is 17.6 Å². The summed E-state index contributed by atoms with van der Waals surface area (Å²) in [4.78, 5) is 15.1. The molecule has 1 atom stereocenters. The van der Waals surface area contributed by atoms with Crippen LogP contribution in [-0.4, -0.2) is 41.5 Å². The lowest BCUT2D eigenvalue weighted by molar-refractivity contribution is -0.119. The number of carbonyl (C=O) groups excluding carboxylic acids is 1. The molecule has 0 saturated carbocycles. The summed E-state index contributed by atoms with van der Waals surface area (Å²) in [5.41, 5.74) is 2.86. The molecule has 8 nitrogen and oxygen atoms in total. The molecule has 0 radical (unpaired) electrons. The van der Waals surface area contributed by atoms with E-state index in [-0.39, 0.29) is 29.9 Å². The number of anilines is 1. The number of para-hydroxylation sites is 1. The van der Waals surface area contributed by atoms with E-state index < -0.39 is 10.0 Å². The molecule has 0 bridgehead atoms. The first-order chi connectivity index (χ1) is 14.7. The molecule has 0 aliphatic carbocycles. The normalized spacial score (nSPS) is 16.2. The van der Waals surface area contributed by atoms with Crippen LogP contribution in [0.15, 0.2) is 52.0 Å². The zero-order valence-electron chi connectivity index (χ0n) is 18.1. The number of nitrogens with zero attached hydrogens (tertiary/aromatic N) is 4. The topological polar surface area (TPSA) is 88.7 Å². The summed E-state index contributed by atoms with van der Waals surface area (Å²) in [6.45, 7) is 5.43. The number of rotatable bonds is 6. The van der Waals surface area contributed by atoms with Crippen LogP contribution in [-0.2, 0) is 34.3 Å². The molecule has 31 heavy (non-hydrogen) atoms. The highest BCUT2D eigenvalue weighted by Gasteiger charge is 2.33. The quantitative estimate of drug-likeness (QED) is 0.586. The molecule has 1 aliphatic heterocycles. The fourth-order valence-electron chi connectivity index (χ4n) is 4.22. The van der Waals surface area contributed by atoms with Crippen LogP contribution < -0.4 is 4.90 Å². The van der Waals surface area contributed by atoms with E-state index in [2.05, 4.69) is 5.10 Å². The SMILES string of the molecule is Cc1nn(CC(=O)N2c3ccccc3C[C@H]2C)c(C)c1S(=O)(=O)N(C)Cc1ccco1. The van der Waals surface area contributed by atoms with Gasteiger partial charge in [-0.25, -0.2) is 8.42 Å². The molecule has 0 saturated heterocycles.